The molecular formula is C13H28N2. The van der Waals surface area contributed by atoms with Crippen LogP contribution in [0.3, 0.4) is 0 Å². The van der Waals surface area contributed by atoms with Gasteiger partial charge in [0.05, 0.1) is 0 Å². The van der Waals surface area contributed by atoms with Gasteiger partial charge in [-0.25, -0.2) is 0 Å². The highest BCUT2D eigenvalue weighted by molar-refractivity contribution is 4.79. The van der Waals surface area contributed by atoms with Crippen molar-refractivity contribution in [3.8, 4) is 0 Å². The molecule has 0 bridgehead atoms. The number of hydrogen-bond donors (Lipinski definition) is 1. The maximum absolute atomic E-state index is 3.59. The highest BCUT2D eigenvalue weighted by Crippen LogP contribution is 2.17. The van der Waals surface area contributed by atoms with E-state index in [0.717, 1.165) is 12.5 Å². The smallest absolute Gasteiger partial charge is 0.0192 e. The molecule has 0 aromatic carbocycles. The lowest BCUT2D eigenvalue weighted by Gasteiger charge is -2.37. The molecule has 90 valence electrons. The molecule has 0 aliphatic carbocycles. The Morgan fingerprint density at radius 2 is 2.07 bits per heavy atom. The van der Waals surface area contributed by atoms with Crippen LogP contribution in [0.5, 0.6) is 0 Å². The SMILES string of the molecule is CC1CCCN(C(C)CNC(C)(C)C)C1. The lowest BCUT2D eigenvalue weighted by atomic mass is 9.99. The summed E-state index contributed by atoms with van der Waals surface area (Å²) in [5, 5.41) is 3.59. The lowest BCUT2D eigenvalue weighted by Crippen LogP contribution is -2.49. The van der Waals surface area contributed by atoms with Crippen LogP contribution in [0.2, 0.25) is 0 Å². The minimum absolute atomic E-state index is 0.246. The van der Waals surface area contributed by atoms with Crippen molar-refractivity contribution in [3.05, 3.63) is 0 Å². The molecule has 1 aliphatic rings. The summed E-state index contributed by atoms with van der Waals surface area (Å²) in [7, 11) is 0. The molecule has 1 saturated heterocycles. The highest BCUT2D eigenvalue weighted by atomic mass is 15.2. The number of rotatable bonds is 3. The van der Waals surface area contributed by atoms with Crippen molar-refractivity contribution in [1.82, 2.24) is 10.2 Å². The van der Waals surface area contributed by atoms with E-state index in [1.54, 1.807) is 0 Å². The molecular weight excluding hydrogens is 184 g/mol. The maximum atomic E-state index is 3.59. The first-order valence-electron chi connectivity index (χ1n) is 6.37. The van der Waals surface area contributed by atoms with Crippen molar-refractivity contribution in [2.24, 2.45) is 5.92 Å². The van der Waals surface area contributed by atoms with E-state index < -0.39 is 0 Å². The summed E-state index contributed by atoms with van der Waals surface area (Å²) in [6.45, 7) is 15.1. The van der Waals surface area contributed by atoms with Crippen LogP contribution in [0.1, 0.15) is 47.5 Å². The predicted octanol–water partition coefficient (Wildman–Crippen LogP) is 2.49. The van der Waals surface area contributed by atoms with Gasteiger partial charge in [-0.2, -0.15) is 0 Å². The van der Waals surface area contributed by atoms with E-state index in [4.69, 9.17) is 0 Å². The molecule has 1 rings (SSSR count). The average molecular weight is 212 g/mol. The van der Waals surface area contributed by atoms with Gasteiger partial charge in [-0.1, -0.05) is 6.92 Å². The minimum Gasteiger partial charge on any atom is -0.311 e. The Kier molecular flexibility index (Phi) is 4.60. The third kappa shape index (κ3) is 4.98. The topological polar surface area (TPSA) is 15.3 Å². The quantitative estimate of drug-likeness (QED) is 0.773. The van der Waals surface area contributed by atoms with Gasteiger partial charge in [-0.3, -0.25) is 4.90 Å². The Labute approximate surface area is 95.4 Å². The first-order valence-corrected chi connectivity index (χ1v) is 6.37. The summed E-state index contributed by atoms with van der Waals surface area (Å²) in [6.07, 6.45) is 2.79. The molecule has 2 atom stereocenters. The fraction of sp³-hybridized carbons (Fsp3) is 1.00. The van der Waals surface area contributed by atoms with Crippen LogP contribution in [0.25, 0.3) is 0 Å². The van der Waals surface area contributed by atoms with Crippen LogP contribution in [0.4, 0.5) is 0 Å². The molecule has 2 heteroatoms. The number of piperidine rings is 1. The Bertz CT molecular complexity index is 183. The summed E-state index contributed by atoms with van der Waals surface area (Å²) in [6, 6.07) is 0.673. The van der Waals surface area contributed by atoms with Crippen molar-refractivity contribution in [2.75, 3.05) is 19.6 Å². The standard InChI is InChI=1S/C13H28N2/c1-11-7-6-8-15(10-11)12(2)9-14-13(3,4)5/h11-12,14H,6-10H2,1-5H3. The highest BCUT2D eigenvalue weighted by Gasteiger charge is 2.21. The van der Waals surface area contributed by atoms with Crippen LogP contribution >= 0.6 is 0 Å². The van der Waals surface area contributed by atoms with Crippen molar-refractivity contribution < 1.29 is 0 Å². The molecule has 0 radical (unpaired) electrons. The van der Waals surface area contributed by atoms with E-state index >= 15 is 0 Å². The fourth-order valence-corrected chi connectivity index (χ4v) is 2.21. The molecule has 0 amide bonds. The summed E-state index contributed by atoms with van der Waals surface area (Å²) in [4.78, 5) is 2.63. The lowest BCUT2D eigenvalue weighted by molar-refractivity contribution is 0.132. The van der Waals surface area contributed by atoms with Gasteiger partial charge in [-0.15, -0.1) is 0 Å². The van der Waals surface area contributed by atoms with Gasteiger partial charge in [0.1, 0.15) is 0 Å². The van der Waals surface area contributed by atoms with Crippen LogP contribution in [0.15, 0.2) is 0 Å². The molecule has 0 saturated carbocycles. The Balaban J connectivity index is 2.29. The van der Waals surface area contributed by atoms with E-state index in [-0.39, 0.29) is 5.54 Å². The second-order valence-corrected chi connectivity index (χ2v) is 6.22. The first kappa shape index (κ1) is 13.0. The minimum atomic E-state index is 0.246. The van der Waals surface area contributed by atoms with Crippen molar-refractivity contribution in [2.45, 2.75) is 59.0 Å². The monoisotopic (exact) mass is 212 g/mol. The van der Waals surface area contributed by atoms with Gasteiger partial charge in [0, 0.05) is 24.7 Å². The summed E-state index contributed by atoms with van der Waals surface area (Å²) in [5.74, 6) is 0.885. The van der Waals surface area contributed by atoms with Crippen molar-refractivity contribution >= 4 is 0 Å². The van der Waals surface area contributed by atoms with E-state index in [0.29, 0.717) is 6.04 Å². The van der Waals surface area contributed by atoms with Gasteiger partial charge in [0.25, 0.3) is 0 Å². The molecule has 0 aromatic heterocycles. The zero-order valence-electron chi connectivity index (χ0n) is 11.1. The molecule has 1 fully saturated rings. The van der Waals surface area contributed by atoms with E-state index in [2.05, 4.69) is 44.8 Å². The third-order valence-electron chi connectivity index (χ3n) is 3.24. The zero-order chi connectivity index (χ0) is 11.5. The van der Waals surface area contributed by atoms with Gasteiger partial charge in [0.2, 0.25) is 0 Å². The summed E-state index contributed by atoms with van der Waals surface area (Å²) >= 11 is 0. The van der Waals surface area contributed by atoms with Crippen molar-refractivity contribution in [3.63, 3.8) is 0 Å². The maximum Gasteiger partial charge on any atom is 0.0192 e. The second-order valence-electron chi connectivity index (χ2n) is 6.22. The first-order chi connectivity index (χ1) is 6.88. The fourth-order valence-electron chi connectivity index (χ4n) is 2.21. The van der Waals surface area contributed by atoms with E-state index in [1.165, 1.54) is 25.9 Å². The van der Waals surface area contributed by atoms with Gasteiger partial charge >= 0.3 is 0 Å². The molecule has 0 aromatic rings. The largest absolute Gasteiger partial charge is 0.311 e. The third-order valence-corrected chi connectivity index (χ3v) is 3.24. The van der Waals surface area contributed by atoms with Crippen LogP contribution in [0, 0.1) is 5.92 Å². The second kappa shape index (κ2) is 5.31. The predicted molar refractivity (Wildman–Crippen MR) is 67.2 cm³/mol. The molecule has 1 aliphatic heterocycles. The number of hydrogen-bond acceptors (Lipinski definition) is 2. The van der Waals surface area contributed by atoms with Gasteiger partial charge in [-0.05, 0) is 53.0 Å². The molecule has 2 nitrogen and oxygen atoms in total. The van der Waals surface area contributed by atoms with Crippen LogP contribution in [-0.4, -0.2) is 36.1 Å². The van der Waals surface area contributed by atoms with Gasteiger partial charge in [0.15, 0.2) is 0 Å². The van der Waals surface area contributed by atoms with Gasteiger partial charge < -0.3 is 5.32 Å². The van der Waals surface area contributed by atoms with Crippen LogP contribution < -0.4 is 5.32 Å². The van der Waals surface area contributed by atoms with Crippen LogP contribution in [-0.2, 0) is 0 Å². The molecule has 15 heavy (non-hydrogen) atoms. The molecule has 2 unspecified atom stereocenters. The normalized spacial score (nSPS) is 26.6. The van der Waals surface area contributed by atoms with Crippen molar-refractivity contribution in [1.29, 1.82) is 0 Å². The average Bonchev–Trinajstić information content (AvgIpc) is 2.13. The Hall–Kier alpha value is -0.0800. The zero-order valence-corrected chi connectivity index (χ0v) is 11.1. The number of nitrogens with one attached hydrogen (secondary N) is 1. The van der Waals surface area contributed by atoms with E-state index in [1.807, 2.05) is 0 Å². The molecule has 1 N–H and O–H groups in total. The van der Waals surface area contributed by atoms with E-state index in [9.17, 15) is 0 Å². The molecule has 1 heterocycles. The molecule has 0 spiro atoms. The summed E-state index contributed by atoms with van der Waals surface area (Å²) in [5.41, 5.74) is 0.246. The Morgan fingerprint density at radius 1 is 1.40 bits per heavy atom. The summed E-state index contributed by atoms with van der Waals surface area (Å²) < 4.78 is 0. The Morgan fingerprint density at radius 3 is 2.60 bits per heavy atom. The number of likely N-dealkylation sites (tertiary alicyclic amines) is 1. The number of nitrogens with zero attached hydrogens (tertiary/aromatic N) is 1.